The number of hydrogen-bond donors (Lipinski definition) is 1. The van der Waals surface area contributed by atoms with E-state index in [1.54, 1.807) is 0 Å². The van der Waals surface area contributed by atoms with Gasteiger partial charge in [-0.1, -0.05) is 6.42 Å². The van der Waals surface area contributed by atoms with E-state index in [1.807, 2.05) is 0 Å². The Kier molecular flexibility index (Phi) is 2.54. The van der Waals surface area contributed by atoms with Crippen molar-refractivity contribution in [2.45, 2.75) is 44.8 Å². The second-order valence-corrected chi connectivity index (χ2v) is 4.09. The minimum absolute atomic E-state index is 0.127. The number of piperidine rings is 1. The van der Waals surface area contributed by atoms with E-state index in [1.165, 1.54) is 26.2 Å². The monoisotopic (exact) mass is 183 g/mol. The predicted molar refractivity (Wildman–Crippen MR) is 49.3 cm³/mol. The average molecular weight is 183 g/mol. The van der Waals surface area contributed by atoms with E-state index in [9.17, 15) is 4.79 Å². The van der Waals surface area contributed by atoms with E-state index in [0.717, 1.165) is 13.0 Å². The van der Waals surface area contributed by atoms with Crippen molar-refractivity contribution >= 4 is 5.97 Å². The molecule has 1 N–H and O–H groups in total. The standard InChI is InChI=1S/C10H17NO2/c1-7(12)13-10-5-6-11-9-4-2-3-8(9)10/h8-11H,2-6H2,1H3/t8-,9+,10+/m0/s1. The molecule has 0 aromatic rings. The highest BCUT2D eigenvalue weighted by Crippen LogP contribution is 2.33. The van der Waals surface area contributed by atoms with Gasteiger partial charge in [0.15, 0.2) is 0 Å². The molecule has 1 aliphatic carbocycles. The van der Waals surface area contributed by atoms with Crippen LogP contribution in [-0.2, 0) is 9.53 Å². The molecule has 1 aliphatic heterocycles. The van der Waals surface area contributed by atoms with Gasteiger partial charge in [-0.2, -0.15) is 0 Å². The quantitative estimate of drug-likeness (QED) is 0.618. The summed E-state index contributed by atoms with van der Waals surface area (Å²) in [5.74, 6) is 0.454. The fraction of sp³-hybridized carbons (Fsp3) is 0.900. The lowest BCUT2D eigenvalue weighted by molar-refractivity contribution is -0.150. The van der Waals surface area contributed by atoms with Crippen LogP contribution in [0.2, 0.25) is 0 Å². The van der Waals surface area contributed by atoms with Crippen LogP contribution in [0.15, 0.2) is 0 Å². The van der Waals surface area contributed by atoms with Crippen LogP contribution in [0.3, 0.4) is 0 Å². The van der Waals surface area contributed by atoms with Gasteiger partial charge in [-0.15, -0.1) is 0 Å². The second kappa shape index (κ2) is 3.66. The van der Waals surface area contributed by atoms with Crippen LogP contribution in [-0.4, -0.2) is 24.7 Å². The van der Waals surface area contributed by atoms with Crippen molar-refractivity contribution in [1.82, 2.24) is 5.32 Å². The first kappa shape index (κ1) is 9.00. The molecule has 0 amide bonds. The summed E-state index contributed by atoms with van der Waals surface area (Å²) in [4.78, 5) is 10.9. The van der Waals surface area contributed by atoms with Gasteiger partial charge in [0.05, 0.1) is 0 Å². The molecule has 13 heavy (non-hydrogen) atoms. The lowest BCUT2D eigenvalue weighted by Gasteiger charge is -2.33. The number of ether oxygens (including phenoxy) is 1. The molecule has 3 heteroatoms. The van der Waals surface area contributed by atoms with Crippen molar-refractivity contribution in [1.29, 1.82) is 0 Å². The third-order valence-electron chi connectivity index (χ3n) is 3.20. The number of carbonyl (C=O) groups excluding carboxylic acids is 1. The van der Waals surface area contributed by atoms with Gasteiger partial charge >= 0.3 is 5.97 Å². The zero-order valence-corrected chi connectivity index (χ0v) is 8.08. The summed E-state index contributed by atoms with van der Waals surface area (Å²) in [5.41, 5.74) is 0. The van der Waals surface area contributed by atoms with Gasteiger partial charge in [0.25, 0.3) is 0 Å². The zero-order chi connectivity index (χ0) is 9.26. The molecule has 0 bridgehead atoms. The molecule has 3 atom stereocenters. The summed E-state index contributed by atoms with van der Waals surface area (Å²) < 4.78 is 5.33. The summed E-state index contributed by atoms with van der Waals surface area (Å²) in [7, 11) is 0. The minimum Gasteiger partial charge on any atom is -0.462 e. The lowest BCUT2D eigenvalue weighted by Crippen LogP contribution is -2.46. The maximum Gasteiger partial charge on any atom is 0.302 e. The number of fused-ring (bicyclic) bond motifs is 1. The van der Waals surface area contributed by atoms with E-state index in [0.29, 0.717) is 12.0 Å². The van der Waals surface area contributed by atoms with E-state index >= 15 is 0 Å². The molecular weight excluding hydrogens is 166 g/mol. The van der Waals surface area contributed by atoms with Crippen molar-refractivity contribution in [2.24, 2.45) is 5.92 Å². The predicted octanol–water partition coefficient (Wildman–Crippen LogP) is 1.08. The Labute approximate surface area is 78.8 Å². The maximum absolute atomic E-state index is 10.9. The molecule has 2 aliphatic rings. The van der Waals surface area contributed by atoms with Crippen LogP contribution in [0.5, 0.6) is 0 Å². The molecule has 1 saturated heterocycles. The highest BCUT2D eigenvalue weighted by Gasteiger charge is 2.37. The SMILES string of the molecule is CC(=O)O[C@@H]1CCN[C@@H]2CCC[C@@H]21. The first-order chi connectivity index (χ1) is 6.27. The third kappa shape index (κ3) is 1.85. The van der Waals surface area contributed by atoms with E-state index < -0.39 is 0 Å². The lowest BCUT2D eigenvalue weighted by atomic mass is 9.91. The van der Waals surface area contributed by atoms with Crippen molar-refractivity contribution in [3.05, 3.63) is 0 Å². The summed E-state index contributed by atoms with van der Waals surface area (Å²) in [6.07, 6.45) is 4.92. The molecule has 1 saturated carbocycles. The second-order valence-electron chi connectivity index (χ2n) is 4.09. The van der Waals surface area contributed by atoms with Gasteiger partial charge in [0.1, 0.15) is 6.10 Å². The summed E-state index contributed by atoms with van der Waals surface area (Å²) in [5, 5.41) is 3.49. The Hall–Kier alpha value is -0.570. The molecule has 0 unspecified atom stereocenters. The first-order valence-corrected chi connectivity index (χ1v) is 5.18. The van der Waals surface area contributed by atoms with E-state index in [4.69, 9.17) is 4.74 Å². The third-order valence-corrected chi connectivity index (χ3v) is 3.20. The van der Waals surface area contributed by atoms with Gasteiger partial charge < -0.3 is 10.1 Å². The van der Waals surface area contributed by atoms with Crippen molar-refractivity contribution in [3.63, 3.8) is 0 Å². The number of carbonyl (C=O) groups is 1. The smallest absolute Gasteiger partial charge is 0.302 e. The van der Waals surface area contributed by atoms with Gasteiger partial charge in [-0.3, -0.25) is 4.79 Å². The number of esters is 1. The van der Waals surface area contributed by atoms with Crippen molar-refractivity contribution < 1.29 is 9.53 Å². The first-order valence-electron chi connectivity index (χ1n) is 5.18. The molecule has 3 nitrogen and oxygen atoms in total. The molecule has 0 aromatic carbocycles. The molecule has 1 heterocycles. The van der Waals surface area contributed by atoms with Crippen LogP contribution in [0, 0.1) is 5.92 Å². The zero-order valence-electron chi connectivity index (χ0n) is 8.08. The van der Waals surface area contributed by atoms with Crippen LogP contribution in [0.1, 0.15) is 32.6 Å². The van der Waals surface area contributed by atoms with Gasteiger partial charge in [0, 0.05) is 18.9 Å². The van der Waals surface area contributed by atoms with Gasteiger partial charge in [0.2, 0.25) is 0 Å². The molecule has 0 aromatic heterocycles. The van der Waals surface area contributed by atoms with E-state index in [-0.39, 0.29) is 12.1 Å². The summed E-state index contributed by atoms with van der Waals surface area (Å²) >= 11 is 0. The highest BCUT2D eigenvalue weighted by molar-refractivity contribution is 5.66. The fourth-order valence-corrected chi connectivity index (χ4v) is 2.67. The van der Waals surface area contributed by atoms with Crippen molar-refractivity contribution in [2.75, 3.05) is 6.54 Å². The highest BCUT2D eigenvalue weighted by atomic mass is 16.5. The summed E-state index contributed by atoms with van der Waals surface area (Å²) in [6.45, 7) is 2.51. The van der Waals surface area contributed by atoms with E-state index in [2.05, 4.69) is 5.32 Å². The molecule has 2 rings (SSSR count). The topological polar surface area (TPSA) is 38.3 Å². The molecule has 2 fully saturated rings. The molecular formula is C10H17NO2. The normalized spacial score (nSPS) is 38.4. The van der Waals surface area contributed by atoms with Gasteiger partial charge in [-0.25, -0.2) is 0 Å². The van der Waals surface area contributed by atoms with Gasteiger partial charge in [-0.05, 0) is 25.8 Å². The Balaban J connectivity index is 1.97. The summed E-state index contributed by atoms with van der Waals surface area (Å²) in [6, 6.07) is 0.609. The maximum atomic E-state index is 10.9. The van der Waals surface area contributed by atoms with Crippen molar-refractivity contribution in [3.8, 4) is 0 Å². The average Bonchev–Trinajstić information content (AvgIpc) is 2.51. The van der Waals surface area contributed by atoms with Crippen LogP contribution in [0.25, 0.3) is 0 Å². The molecule has 0 spiro atoms. The van der Waals surface area contributed by atoms with Crippen LogP contribution in [0.4, 0.5) is 0 Å². The number of nitrogens with one attached hydrogen (secondary N) is 1. The number of rotatable bonds is 1. The molecule has 74 valence electrons. The fourth-order valence-electron chi connectivity index (χ4n) is 2.67. The molecule has 0 radical (unpaired) electrons. The Bertz CT molecular complexity index is 205. The Morgan fingerprint density at radius 3 is 3.00 bits per heavy atom. The Morgan fingerprint density at radius 1 is 1.38 bits per heavy atom. The number of hydrogen-bond acceptors (Lipinski definition) is 3. The largest absolute Gasteiger partial charge is 0.462 e. The van der Waals surface area contributed by atoms with Crippen LogP contribution >= 0.6 is 0 Å². The minimum atomic E-state index is -0.127. The van der Waals surface area contributed by atoms with Crippen LogP contribution < -0.4 is 5.32 Å². The Morgan fingerprint density at radius 2 is 2.23 bits per heavy atom.